The van der Waals surface area contributed by atoms with Gasteiger partial charge >= 0.3 is 0 Å². The summed E-state index contributed by atoms with van der Waals surface area (Å²) in [5.74, 6) is 0.893. The van der Waals surface area contributed by atoms with Gasteiger partial charge in [0.1, 0.15) is 5.75 Å². The predicted molar refractivity (Wildman–Crippen MR) is 89.9 cm³/mol. The van der Waals surface area contributed by atoms with Crippen molar-refractivity contribution in [2.24, 2.45) is 5.73 Å². The van der Waals surface area contributed by atoms with Crippen molar-refractivity contribution in [3.8, 4) is 5.75 Å². The molecule has 2 N–H and O–H groups in total. The third-order valence-electron chi connectivity index (χ3n) is 3.56. The maximum atomic E-state index is 6.51. The Balaban J connectivity index is 2.55. The highest BCUT2D eigenvalue weighted by Crippen LogP contribution is 2.39. The summed E-state index contributed by atoms with van der Waals surface area (Å²) in [5.41, 5.74) is 9.83. The van der Waals surface area contributed by atoms with Crippen molar-refractivity contribution < 1.29 is 4.74 Å². The van der Waals surface area contributed by atoms with E-state index in [9.17, 15) is 0 Å². The molecule has 1 atom stereocenters. The van der Waals surface area contributed by atoms with Crippen molar-refractivity contribution in [1.82, 2.24) is 0 Å². The minimum atomic E-state index is -0.147. The van der Waals surface area contributed by atoms with Gasteiger partial charge in [0, 0.05) is 19.8 Å². The Morgan fingerprint density at radius 2 is 2.05 bits per heavy atom. The van der Waals surface area contributed by atoms with Crippen LogP contribution in [0.5, 0.6) is 5.75 Å². The van der Waals surface area contributed by atoms with Gasteiger partial charge in [-0.15, -0.1) is 11.3 Å². The molecule has 2 aromatic rings. The Bertz CT molecular complexity index is 621. The molecule has 1 aromatic heterocycles. The molecular formula is C16H20BrNOS. The molecule has 0 saturated carbocycles. The lowest BCUT2D eigenvalue weighted by atomic mass is 9.96. The minimum Gasteiger partial charge on any atom is -0.496 e. The number of halogens is 1. The van der Waals surface area contributed by atoms with Gasteiger partial charge < -0.3 is 10.5 Å². The number of aryl methyl sites for hydroxylation is 2. The first-order valence-electron chi connectivity index (χ1n) is 6.67. The molecule has 1 aromatic carbocycles. The van der Waals surface area contributed by atoms with E-state index in [1.807, 2.05) is 6.92 Å². The van der Waals surface area contributed by atoms with Crippen molar-refractivity contribution in [3.63, 3.8) is 0 Å². The minimum absolute atomic E-state index is 0.147. The Morgan fingerprint density at radius 1 is 1.35 bits per heavy atom. The van der Waals surface area contributed by atoms with E-state index < -0.39 is 0 Å². The van der Waals surface area contributed by atoms with E-state index in [2.05, 4.69) is 48.0 Å². The van der Waals surface area contributed by atoms with Gasteiger partial charge in [0.25, 0.3) is 0 Å². The summed E-state index contributed by atoms with van der Waals surface area (Å²) in [6, 6.07) is 6.22. The quantitative estimate of drug-likeness (QED) is 0.860. The van der Waals surface area contributed by atoms with Crippen LogP contribution in [0.15, 0.2) is 22.7 Å². The highest BCUT2D eigenvalue weighted by molar-refractivity contribution is 9.10. The summed E-state index contributed by atoms with van der Waals surface area (Å²) in [4.78, 5) is 2.54. The largest absolute Gasteiger partial charge is 0.496 e. The molecule has 20 heavy (non-hydrogen) atoms. The van der Waals surface area contributed by atoms with E-state index in [0.717, 1.165) is 33.3 Å². The van der Waals surface area contributed by atoms with Crippen LogP contribution < -0.4 is 10.5 Å². The summed E-state index contributed by atoms with van der Waals surface area (Å²) in [6.45, 7) is 6.29. The van der Waals surface area contributed by atoms with Crippen molar-refractivity contribution in [3.05, 3.63) is 49.1 Å². The van der Waals surface area contributed by atoms with E-state index >= 15 is 0 Å². The van der Waals surface area contributed by atoms with E-state index in [0.29, 0.717) is 0 Å². The molecule has 0 amide bonds. The third kappa shape index (κ3) is 2.78. The number of methoxy groups -OCH3 is 1. The number of ether oxygens (including phenoxy) is 1. The first-order valence-corrected chi connectivity index (χ1v) is 8.28. The second-order valence-electron chi connectivity index (χ2n) is 4.88. The van der Waals surface area contributed by atoms with Crippen LogP contribution in [-0.2, 0) is 6.42 Å². The highest BCUT2D eigenvalue weighted by Gasteiger charge is 2.21. The standard InChI is InChI=1S/C16H20BrNOS/c1-5-11-6-7-13(20-11)15(18)14-10(3)12(17)8-9(2)16(14)19-4/h6-8,15H,5,18H2,1-4H3. The molecule has 1 heterocycles. The molecule has 0 fully saturated rings. The average molecular weight is 354 g/mol. The summed E-state index contributed by atoms with van der Waals surface area (Å²) >= 11 is 5.39. The number of thiophene rings is 1. The number of rotatable bonds is 4. The van der Waals surface area contributed by atoms with E-state index in [1.54, 1.807) is 18.4 Å². The summed E-state index contributed by atoms with van der Waals surface area (Å²) in [6.07, 6.45) is 1.05. The van der Waals surface area contributed by atoms with Gasteiger partial charge in [0.05, 0.1) is 13.2 Å². The SMILES string of the molecule is CCc1ccc(C(N)c2c(C)c(Br)cc(C)c2OC)s1. The summed E-state index contributed by atoms with van der Waals surface area (Å²) in [7, 11) is 1.71. The van der Waals surface area contributed by atoms with Gasteiger partial charge in [0.15, 0.2) is 0 Å². The van der Waals surface area contributed by atoms with Gasteiger partial charge in [0.2, 0.25) is 0 Å². The predicted octanol–water partition coefficient (Wildman–Crippen LogP) is 4.75. The topological polar surface area (TPSA) is 35.2 Å². The molecule has 1 unspecified atom stereocenters. The zero-order valence-corrected chi connectivity index (χ0v) is 14.7. The fourth-order valence-electron chi connectivity index (χ4n) is 2.41. The fraction of sp³-hybridized carbons (Fsp3) is 0.375. The molecule has 0 aliphatic heterocycles. The first kappa shape index (κ1) is 15.5. The number of benzene rings is 1. The lowest BCUT2D eigenvalue weighted by Gasteiger charge is -2.20. The zero-order valence-electron chi connectivity index (χ0n) is 12.3. The average Bonchev–Trinajstić information content (AvgIpc) is 2.90. The van der Waals surface area contributed by atoms with Crippen LogP contribution in [0.4, 0.5) is 0 Å². The lowest BCUT2D eigenvalue weighted by Crippen LogP contribution is -2.14. The third-order valence-corrected chi connectivity index (χ3v) is 5.70. The number of hydrogen-bond acceptors (Lipinski definition) is 3. The Hall–Kier alpha value is -0.840. The molecule has 2 nitrogen and oxygen atoms in total. The molecule has 108 valence electrons. The van der Waals surface area contributed by atoms with Gasteiger partial charge in [-0.25, -0.2) is 0 Å². The van der Waals surface area contributed by atoms with Crippen LogP contribution >= 0.6 is 27.3 Å². The maximum Gasteiger partial charge on any atom is 0.127 e. The lowest BCUT2D eigenvalue weighted by molar-refractivity contribution is 0.404. The van der Waals surface area contributed by atoms with Crippen LogP contribution in [0.1, 0.15) is 39.4 Å². The van der Waals surface area contributed by atoms with E-state index in [-0.39, 0.29) is 6.04 Å². The molecule has 4 heteroatoms. The maximum absolute atomic E-state index is 6.51. The second kappa shape index (κ2) is 6.29. The van der Waals surface area contributed by atoms with Gasteiger partial charge in [-0.3, -0.25) is 0 Å². The van der Waals surface area contributed by atoms with Gasteiger partial charge in [-0.1, -0.05) is 22.9 Å². The Labute approximate surface area is 133 Å². The highest BCUT2D eigenvalue weighted by atomic mass is 79.9. The molecule has 0 aliphatic carbocycles. The Kier molecular flexibility index (Phi) is 4.89. The molecule has 0 spiro atoms. The van der Waals surface area contributed by atoms with E-state index in [4.69, 9.17) is 10.5 Å². The van der Waals surface area contributed by atoms with Crippen molar-refractivity contribution >= 4 is 27.3 Å². The van der Waals surface area contributed by atoms with Crippen LogP contribution in [0, 0.1) is 13.8 Å². The Morgan fingerprint density at radius 3 is 2.60 bits per heavy atom. The van der Waals surface area contributed by atoms with Crippen molar-refractivity contribution in [2.75, 3.05) is 7.11 Å². The normalized spacial score (nSPS) is 12.5. The van der Waals surface area contributed by atoms with Crippen LogP contribution in [0.25, 0.3) is 0 Å². The zero-order chi connectivity index (χ0) is 14.9. The van der Waals surface area contributed by atoms with Gasteiger partial charge in [-0.05, 0) is 49.6 Å². The van der Waals surface area contributed by atoms with E-state index in [1.165, 1.54) is 9.75 Å². The fourth-order valence-corrected chi connectivity index (χ4v) is 3.94. The van der Waals surface area contributed by atoms with Crippen LogP contribution in [-0.4, -0.2) is 7.11 Å². The monoisotopic (exact) mass is 353 g/mol. The van der Waals surface area contributed by atoms with Crippen LogP contribution in [0.3, 0.4) is 0 Å². The molecule has 0 aliphatic rings. The molecule has 2 rings (SSSR count). The first-order chi connectivity index (χ1) is 9.49. The van der Waals surface area contributed by atoms with Crippen molar-refractivity contribution in [1.29, 1.82) is 0 Å². The number of nitrogens with two attached hydrogens (primary N) is 1. The smallest absolute Gasteiger partial charge is 0.127 e. The molecule has 0 bridgehead atoms. The van der Waals surface area contributed by atoms with Crippen LogP contribution in [0.2, 0.25) is 0 Å². The number of hydrogen-bond donors (Lipinski definition) is 1. The summed E-state index contributed by atoms with van der Waals surface area (Å²) < 4.78 is 6.67. The molecular weight excluding hydrogens is 334 g/mol. The molecule has 0 saturated heterocycles. The molecule has 0 radical (unpaired) electrons. The van der Waals surface area contributed by atoms with Gasteiger partial charge in [-0.2, -0.15) is 0 Å². The van der Waals surface area contributed by atoms with Crippen molar-refractivity contribution in [2.45, 2.75) is 33.2 Å². The summed E-state index contributed by atoms with van der Waals surface area (Å²) in [5, 5.41) is 0. The second-order valence-corrected chi connectivity index (χ2v) is 6.94.